The van der Waals surface area contributed by atoms with E-state index in [-0.39, 0.29) is 18.4 Å². The molecule has 1 aliphatic rings. The highest BCUT2D eigenvalue weighted by molar-refractivity contribution is 6.33. The Labute approximate surface area is 161 Å². The molecule has 3 rings (SSSR count). The number of ether oxygens (including phenoxy) is 1. The van der Waals surface area contributed by atoms with E-state index in [1.807, 2.05) is 6.07 Å². The second-order valence-corrected chi connectivity index (χ2v) is 6.29. The molecule has 2 heterocycles. The number of morpholine rings is 1. The zero-order valence-corrected chi connectivity index (χ0v) is 15.4. The summed E-state index contributed by atoms with van der Waals surface area (Å²) in [5.74, 6) is -0.170. The third kappa shape index (κ3) is 5.60. The van der Waals surface area contributed by atoms with Crippen molar-refractivity contribution in [3.8, 4) is 0 Å². The van der Waals surface area contributed by atoms with Crippen molar-refractivity contribution in [2.45, 2.75) is 0 Å². The number of nitrogens with one attached hydrogen (secondary N) is 2. The SMILES string of the molecule is O=C(/C=C\c1ccco1)NCC(=O)Nc1ccc(N2CCOCC2)c(Cl)c1. The number of anilines is 2. The molecule has 0 atom stereocenters. The van der Waals surface area contributed by atoms with E-state index in [0.29, 0.717) is 29.7 Å². The van der Waals surface area contributed by atoms with Crippen LogP contribution in [0.3, 0.4) is 0 Å². The Kier molecular flexibility index (Phi) is 6.51. The van der Waals surface area contributed by atoms with E-state index in [1.54, 1.807) is 24.3 Å². The minimum atomic E-state index is -0.387. The van der Waals surface area contributed by atoms with E-state index in [9.17, 15) is 9.59 Å². The number of nitrogens with zero attached hydrogens (tertiary/aromatic N) is 1. The Bertz CT molecular complexity index is 814. The minimum absolute atomic E-state index is 0.149. The van der Waals surface area contributed by atoms with Crippen LogP contribution in [-0.2, 0) is 14.3 Å². The smallest absolute Gasteiger partial charge is 0.244 e. The quantitative estimate of drug-likeness (QED) is 0.742. The van der Waals surface area contributed by atoms with Crippen molar-refractivity contribution in [1.82, 2.24) is 5.32 Å². The molecule has 1 saturated heterocycles. The van der Waals surface area contributed by atoms with Crippen molar-refractivity contribution in [1.29, 1.82) is 0 Å². The van der Waals surface area contributed by atoms with Gasteiger partial charge in [-0.05, 0) is 36.4 Å². The van der Waals surface area contributed by atoms with Gasteiger partial charge in [0.15, 0.2) is 0 Å². The first-order valence-corrected chi connectivity index (χ1v) is 8.91. The molecule has 0 saturated carbocycles. The molecule has 7 nitrogen and oxygen atoms in total. The molecular formula is C19H20ClN3O4. The first-order valence-electron chi connectivity index (χ1n) is 8.53. The van der Waals surface area contributed by atoms with E-state index in [1.165, 1.54) is 18.4 Å². The van der Waals surface area contributed by atoms with Crippen LogP contribution in [0, 0.1) is 0 Å². The minimum Gasteiger partial charge on any atom is -0.465 e. The van der Waals surface area contributed by atoms with E-state index in [0.717, 1.165) is 18.8 Å². The van der Waals surface area contributed by atoms with Gasteiger partial charge in [-0.3, -0.25) is 9.59 Å². The largest absolute Gasteiger partial charge is 0.465 e. The summed E-state index contributed by atoms with van der Waals surface area (Å²) in [4.78, 5) is 25.9. The van der Waals surface area contributed by atoms with Crippen molar-refractivity contribution in [3.05, 3.63) is 53.5 Å². The number of amides is 2. The molecule has 142 valence electrons. The number of benzene rings is 1. The van der Waals surface area contributed by atoms with Gasteiger partial charge in [0.05, 0.1) is 36.7 Å². The van der Waals surface area contributed by atoms with Gasteiger partial charge < -0.3 is 24.7 Å². The summed E-state index contributed by atoms with van der Waals surface area (Å²) < 4.78 is 10.4. The lowest BCUT2D eigenvalue weighted by molar-refractivity contribution is -0.121. The summed E-state index contributed by atoms with van der Waals surface area (Å²) in [5.41, 5.74) is 1.48. The Morgan fingerprint density at radius 3 is 2.74 bits per heavy atom. The van der Waals surface area contributed by atoms with Crippen LogP contribution in [0.5, 0.6) is 0 Å². The van der Waals surface area contributed by atoms with Crippen LogP contribution in [0.2, 0.25) is 5.02 Å². The molecule has 1 aromatic heterocycles. The Hall–Kier alpha value is -2.77. The van der Waals surface area contributed by atoms with Crippen molar-refractivity contribution >= 4 is 40.9 Å². The highest BCUT2D eigenvalue weighted by atomic mass is 35.5. The number of furan rings is 1. The number of rotatable bonds is 6. The maximum Gasteiger partial charge on any atom is 0.244 e. The highest BCUT2D eigenvalue weighted by Crippen LogP contribution is 2.29. The molecule has 2 amide bonds. The average molecular weight is 390 g/mol. The predicted molar refractivity (Wildman–Crippen MR) is 104 cm³/mol. The molecular weight excluding hydrogens is 370 g/mol. The molecule has 0 spiro atoms. The van der Waals surface area contributed by atoms with Crippen LogP contribution in [0.15, 0.2) is 47.1 Å². The lowest BCUT2D eigenvalue weighted by Crippen LogP contribution is -2.36. The summed E-state index contributed by atoms with van der Waals surface area (Å²) in [5, 5.41) is 5.78. The Morgan fingerprint density at radius 1 is 1.22 bits per heavy atom. The molecule has 1 aliphatic heterocycles. The van der Waals surface area contributed by atoms with E-state index >= 15 is 0 Å². The Balaban J connectivity index is 1.48. The summed E-state index contributed by atoms with van der Waals surface area (Å²) in [6, 6.07) is 8.80. The zero-order chi connectivity index (χ0) is 19.1. The average Bonchev–Trinajstić information content (AvgIpc) is 3.19. The van der Waals surface area contributed by atoms with Crippen molar-refractivity contribution < 1.29 is 18.7 Å². The molecule has 2 N–H and O–H groups in total. The number of halogens is 1. The second kappa shape index (κ2) is 9.25. The van der Waals surface area contributed by atoms with Crippen LogP contribution in [0.4, 0.5) is 11.4 Å². The summed E-state index contributed by atoms with van der Waals surface area (Å²) in [7, 11) is 0. The fraction of sp³-hybridized carbons (Fsp3) is 0.263. The fourth-order valence-corrected chi connectivity index (χ4v) is 2.92. The monoisotopic (exact) mass is 389 g/mol. The van der Waals surface area contributed by atoms with Crippen molar-refractivity contribution in [2.24, 2.45) is 0 Å². The second-order valence-electron chi connectivity index (χ2n) is 5.88. The van der Waals surface area contributed by atoms with E-state index < -0.39 is 0 Å². The molecule has 8 heteroatoms. The molecule has 0 radical (unpaired) electrons. The molecule has 27 heavy (non-hydrogen) atoms. The first-order chi connectivity index (χ1) is 13.1. The third-order valence-corrected chi connectivity index (χ3v) is 4.25. The van der Waals surface area contributed by atoms with Crippen LogP contribution >= 0.6 is 11.6 Å². The van der Waals surface area contributed by atoms with Gasteiger partial charge in [0.2, 0.25) is 11.8 Å². The third-order valence-electron chi connectivity index (χ3n) is 3.95. The van der Waals surface area contributed by atoms with Gasteiger partial charge >= 0.3 is 0 Å². The van der Waals surface area contributed by atoms with Gasteiger partial charge in [-0.25, -0.2) is 0 Å². The number of carbonyl (C=O) groups is 2. The molecule has 0 unspecified atom stereocenters. The lowest BCUT2D eigenvalue weighted by Gasteiger charge is -2.29. The summed E-state index contributed by atoms with van der Waals surface area (Å²) >= 11 is 6.34. The number of hydrogen-bond donors (Lipinski definition) is 2. The molecule has 2 aromatic rings. The molecule has 1 aromatic carbocycles. The maximum absolute atomic E-state index is 12.0. The zero-order valence-electron chi connectivity index (χ0n) is 14.6. The van der Waals surface area contributed by atoms with Gasteiger partial charge in [0.1, 0.15) is 5.76 Å². The van der Waals surface area contributed by atoms with Crippen LogP contribution in [0.1, 0.15) is 5.76 Å². The topological polar surface area (TPSA) is 83.8 Å². The molecule has 0 aliphatic carbocycles. The van der Waals surface area contributed by atoms with Gasteiger partial charge in [-0.2, -0.15) is 0 Å². The maximum atomic E-state index is 12.0. The summed E-state index contributed by atoms with van der Waals surface area (Å²) in [6.07, 6.45) is 4.35. The van der Waals surface area contributed by atoms with Crippen molar-refractivity contribution in [2.75, 3.05) is 43.1 Å². The van der Waals surface area contributed by atoms with Gasteiger partial charge in [0.25, 0.3) is 0 Å². The van der Waals surface area contributed by atoms with Crippen LogP contribution in [0.25, 0.3) is 6.08 Å². The standard InChI is InChI=1S/C19H20ClN3O4/c20-16-12-14(3-5-17(16)23-7-10-26-11-8-23)22-19(25)13-21-18(24)6-4-15-2-1-9-27-15/h1-6,9,12H,7-8,10-11,13H2,(H,21,24)(H,22,25)/b6-4-. The number of carbonyl (C=O) groups excluding carboxylic acids is 2. The number of hydrogen-bond acceptors (Lipinski definition) is 5. The van der Waals surface area contributed by atoms with Gasteiger partial charge in [-0.15, -0.1) is 0 Å². The van der Waals surface area contributed by atoms with Gasteiger partial charge in [-0.1, -0.05) is 11.6 Å². The Morgan fingerprint density at radius 2 is 2.04 bits per heavy atom. The van der Waals surface area contributed by atoms with E-state index in [2.05, 4.69) is 15.5 Å². The normalized spacial score (nSPS) is 14.3. The van der Waals surface area contributed by atoms with Gasteiger partial charge in [0, 0.05) is 24.9 Å². The van der Waals surface area contributed by atoms with Crippen molar-refractivity contribution in [3.63, 3.8) is 0 Å². The first kappa shape index (κ1) is 19.0. The highest BCUT2D eigenvalue weighted by Gasteiger charge is 2.15. The molecule has 1 fully saturated rings. The van der Waals surface area contributed by atoms with E-state index in [4.69, 9.17) is 20.8 Å². The molecule has 0 bridgehead atoms. The predicted octanol–water partition coefficient (Wildman–Crippen LogP) is 2.54. The fourth-order valence-electron chi connectivity index (χ4n) is 2.62. The van der Waals surface area contributed by atoms with Crippen LogP contribution < -0.4 is 15.5 Å². The van der Waals surface area contributed by atoms with Crippen LogP contribution in [-0.4, -0.2) is 44.7 Å². The lowest BCUT2D eigenvalue weighted by atomic mass is 10.2. The summed E-state index contributed by atoms with van der Waals surface area (Å²) in [6.45, 7) is 2.75.